The summed E-state index contributed by atoms with van der Waals surface area (Å²) in [6, 6.07) is 7.77. The van der Waals surface area contributed by atoms with Gasteiger partial charge in [-0.05, 0) is 25.1 Å². The van der Waals surface area contributed by atoms with Crippen molar-refractivity contribution < 1.29 is 22.8 Å². The summed E-state index contributed by atoms with van der Waals surface area (Å²) >= 11 is 0. The molecule has 1 N–H and O–H groups in total. The molecule has 33 heavy (non-hydrogen) atoms. The van der Waals surface area contributed by atoms with Crippen LogP contribution in [0.25, 0.3) is 11.3 Å². The van der Waals surface area contributed by atoms with Crippen LogP contribution < -0.4 is 10.1 Å². The maximum atomic E-state index is 14.0. The summed E-state index contributed by atoms with van der Waals surface area (Å²) < 4.78 is 39.0. The van der Waals surface area contributed by atoms with Gasteiger partial charge in [0.1, 0.15) is 11.6 Å². The third kappa shape index (κ3) is 4.43. The molecule has 3 aromatic heterocycles. The fourth-order valence-electron chi connectivity index (χ4n) is 3.32. The summed E-state index contributed by atoms with van der Waals surface area (Å²) in [4.78, 5) is 12.8. The van der Waals surface area contributed by atoms with Crippen molar-refractivity contribution in [1.29, 1.82) is 0 Å². The maximum Gasteiger partial charge on any atom is 0.273 e. The molecule has 1 amide bonds. The number of aromatic nitrogens is 5. The molecule has 0 bridgehead atoms. The molecule has 0 aliphatic heterocycles. The van der Waals surface area contributed by atoms with Crippen molar-refractivity contribution in [3.05, 3.63) is 77.4 Å². The summed E-state index contributed by atoms with van der Waals surface area (Å²) in [5.41, 5.74) is 0.559. The van der Waals surface area contributed by atoms with E-state index in [4.69, 9.17) is 9.26 Å². The lowest BCUT2D eigenvalue weighted by molar-refractivity contribution is 0.0938. The maximum absolute atomic E-state index is 14.0. The Labute approximate surface area is 187 Å². The number of nitrogens with one attached hydrogen (secondary N) is 1. The average Bonchev–Trinajstić information content (AvgIpc) is 3.47. The second-order valence-electron chi connectivity index (χ2n) is 7.58. The predicted molar refractivity (Wildman–Crippen MR) is 112 cm³/mol. The molecule has 11 heteroatoms. The van der Waals surface area contributed by atoms with E-state index in [0.29, 0.717) is 11.6 Å². The highest BCUT2D eigenvalue weighted by molar-refractivity contribution is 5.93. The molecule has 0 saturated carbocycles. The molecule has 0 radical (unpaired) electrons. The minimum atomic E-state index is -0.819. The summed E-state index contributed by atoms with van der Waals surface area (Å²) in [7, 11) is 3.28. The Balaban J connectivity index is 1.57. The molecule has 170 valence electrons. The average molecular weight is 454 g/mol. The van der Waals surface area contributed by atoms with E-state index in [1.54, 1.807) is 30.1 Å². The van der Waals surface area contributed by atoms with E-state index in [-0.39, 0.29) is 23.6 Å². The predicted octanol–water partition coefficient (Wildman–Crippen LogP) is 2.89. The number of hydrogen-bond acceptors (Lipinski definition) is 7. The van der Waals surface area contributed by atoms with Crippen LogP contribution in [0.3, 0.4) is 0 Å². The molecule has 4 rings (SSSR count). The van der Waals surface area contributed by atoms with Crippen molar-refractivity contribution in [2.24, 2.45) is 7.05 Å². The van der Waals surface area contributed by atoms with Crippen LogP contribution in [-0.4, -0.2) is 44.7 Å². The highest BCUT2D eigenvalue weighted by Gasteiger charge is 2.33. The lowest BCUT2D eigenvalue weighted by Gasteiger charge is -2.27. The van der Waals surface area contributed by atoms with E-state index in [2.05, 4.69) is 25.8 Å². The van der Waals surface area contributed by atoms with Gasteiger partial charge < -0.3 is 14.6 Å². The molecule has 0 fully saturated rings. The quantitative estimate of drug-likeness (QED) is 0.457. The first-order valence-corrected chi connectivity index (χ1v) is 9.88. The number of carbonyl (C=O) groups is 1. The summed E-state index contributed by atoms with van der Waals surface area (Å²) in [6.07, 6.45) is 3.51. The highest BCUT2D eigenvalue weighted by Crippen LogP contribution is 2.30. The highest BCUT2D eigenvalue weighted by atomic mass is 19.1. The fraction of sp³-hybridized carbons (Fsp3) is 0.227. The number of benzene rings is 1. The van der Waals surface area contributed by atoms with Crippen LogP contribution in [0.15, 0.2) is 53.3 Å². The molecule has 4 aromatic rings. The van der Waals surface area contributed by atoms with Crippen molar-refractivity contribution in [3.63, 3.8) is 0 Å². The van der Waals surface area contributed by atoms with E-state index in [1.807, 2.05) is 13.1 Å². The number of halogens is 2. The zero-order valence-corrected chi connectivity index (χ0v) is 18.0. The number of amides is 1. The van der Waals surface area contributed by atoms with Crippen molar-refractivity contribution in [3.8, 4) is 17.2 Å². The monoisotopic (exact) mass is 454 g/mol. The molecular formula is C22H20F2N6O3. The van der Waals surface area contributed by atoms with Crippen molar-refractivity contribution in [2.75, 3.05) is 13.7 Å². The Morgan fingerprint density at radius 2 is 2.03 bits per heavy atom. The van der Waals surface area contributed by atoms with Crippen LogP contribution in [0.4, 0.5) is 8.78 Å². The van der Waals surface area contributed by atoms with Crippen LogP contribution >= 0.6 is 0 Å². The third-order valence-electron chi connectivity index (χ3n) is 5.30. The van der Waals surface area contributed by atoms with E-state index >= 15 is 0 Å². The first-order chi connectivity index (χ1) is 15.8. The van der Waals surface area contributed by atoms with E-state index in [1.165, 1.54) is 19.2 Å². The topological polar surface area (TPSA) is 108 Å². The lowest BCUT2D eigenvalue weighted by atomic mass is 9.80. The Hall–Kier alpha value is -4.15. The molecule has 9 nitrogen and oxygen atoms in total. The molecule has 0 saturated heterocycles. The van der Waals surface area contributed by atoms with Gasteiger partial charge in [-0.3, -0.25) is 9.48 Å². The number of rotatable bonds is 7. The number of aryl methyl sites for hydroxylation is 1. The van der Waals surface area contributed by atoms with Gasteiger partial charge >= 0.3 is 0 Å². The van der Waals surface area contributed by atoms with E-state index in [9.17, 15) is 13.6 Å². The van der Waals surface area contributed by atoms with Gasteiger partial charge in [0.25, 0.3) is 5.91 Å². The normalized spacial score (nSPS) is 12.9. The summed E-state index contributed by atoms with van der Waals surface area (Å²) in [6.45, 7) is 2.02. The van der Waals surface area contributed by atoms with Gasteiger partial charge in [-0.1, -0.05) is 5.16 Å². The minimum Gasteiger partial charge on any atom is -0.480 e. The third-order valence-corrected chi connectivity index (χ3v) is 5.30. The summed E-state index contributed by atoms with van der Waals surface area (Å²) in [5, 5.41) is 19.0. The second kappa shape index (κ2) is 8.77. The first-order valence-electron chi connectivity index (χ1n) is 9.88. The van der Waals surface area contributed by atoms with Gasteiger partial charge in [-0.25, -0.2) is 8.78 Å². The standard InChI is InChI=1S/C22H20F2N6O3/c1-22(13-10-26-30(2)11-13,19-6-7-20(32-3)28-27-19)12-25-21(31)17-9-18(33-29-17)15-5-4-14(23)8-16(15)24/h4-11H,12H2,1-3H3,(H,25,31). The molecule has 3 heterocycles. The van der Waals surface area contributed by atoms with Crippen molar-refractivity contribution in [1.82, 2.24) is 30.5 Å². The number of hydrogen-bond donors (Lipinski definition) is 1. The zero-order chi connectivity index (χ0) is 23.6. The number of carbonyl (C=O) groups excluding carboxylic acids is 1. The fourth-order valence-corrected chi connectivity index (χ4v) is 3.32. The van der Waals surface area contributed by atoms with Gasteiger partial charge in [0.2, 0.25) is 5.88 Å². The number of nitrogens with zero attached hydrogens (tertiary/aromatic N) is 5. The van der Waals surface area contributed by atoms with Crippen LogP contribution in [0.1, 0.15) is 28.7 Å². The van der Waals surface area contributed by atoms with Gasteiger partial charge in [0.05, 0.1) is 30.0 Å². The van der Waals surface area contributed by atoms with E-state index < -0.39 is 23.0 Å². The molecule has 0 spiro atoms. The molecule has 0 aliphatic carbocycles. The largest absolute Gasteiger partial charge is 0.480 e. The van der Waals surface area contributed by atoms with Gasteiger partial charge in [-0.2, -0.15) is 10.2 Å². The number of ether oxygens (including phenoxy) is 1. The van der Waals surface area contributed by atoms with Crippen LogP contribution in [0.5, 0.6) is 5.88 Å². The van der Waals surface area contributed by atoms with Crippen LogP contribution in [-0.2, 0) is 12.5 Å². The summed E-state index contributed by atoms with van der Waals surface area (Å²) in [5.74, 6) is -1.71. The SMILES string of the molecule is COc1ccc(C(C)(CNC(=O)c2cc(-c3ccc(F)cc3F)on2)c2cnn(C)c2)nn1. The van der Waals surface area contributed by atoms with Gasteiger partial charge in [0.15, 0.2) is 11.5 Å². The van der Waals surface area contributed by atoms with Gasteiger partial charge in [-0.15, -0.1) is 5.10 Å². The molecule has 1 unspecified atom stereocenters. The van der Waals surface area contributed by atoms with E-state index in [0.717, 1.165) is 17.7 Å². The Kier molecular flexibility index (Phi) is 5.86. The Morgan fingerprint density at radius 3 is 2.67 bits per heavy atom. The number of methoxy groups -OCH3 is 1. The van der Waals surface area contributed by atoms with Gasteiger partial charge in [0, 0.05) is 43.6 Å². The smallest absolute Gasteiger partial charge is 0.273 e. The molecular weight excluding hydrogens is 434 g/mol. The second-order valence-corrected chi connectivity index (χ2v) is 7.58. The van der Waals surface area contributed by atoms with Crippen molar-refractivity contribution >= 4 is 5.91 Å². The first kappa shape index (κ1) is 22.1. The molecule has 0 aliphatic rings. The molecule has 1 atom stereocenters. The van der Waals surface area contributed by atoms with Crippen LogP contribution in [0, 0.1) is 11.6 Å². The lowest BCUT2D eigenvalue weighted by Crippen LogP contribution is -2.40. The van der Waals surface area contributed by atoms with Crippen molar-refractivity contribution in [2.45, 2.75) is 12.3 Å². The molecule has 1 aromatic carbocycles. The van der Waals surface area contributed by atoms with Crippen LogP contribution in [0.2, 0.25) is 0 Å². The Morgan fingerprint density at radius 1 is 1.21 bits per heavy atom. The zero-order valence-electron chi connectivity index (χ0n) is 18.0. The minimum absolute atomic E-state index is 0.00310. The Bertz CT molecular complexity index is 1290.